The molecule has 0 saturated carbocycles. The molecule has 1 aliphatic rings. The number of hydrogen-bond donors (Lipinski definition) is 2. The molecule has 0 bridgehead atoms. The van der Waals surface area contributed by atoms with Crippen LogP contribution in [-0.4, -0.2) is 28.5 Å². The third-order valence-corrected chi connectivity index (χ3v) is 5.43. The first-order chi connectivity index (χ1) is 13.2. The van der Waals surface area contributed by atoms with Crippen LogP contribution in [0, 0.1) is 5.92 Å². The van der Waals surface area contributed by atoms with E-state index in [4.69, 9.17) is 4.98 Å². The zero-order valence-corrected chi connectivity index (χ0v) is 18.2. The van der Waals surface area contributed by atoms with E-state index in [9.17, 15) is 4.79 Å². The van der Waals surface area contributed by atoms with Gasteiger partial charge in [-0.25, -0.2) is 4.98 Å². The van der Waals surface area contributed by atoms with Gasteiger partial charge in [0.05, 0.1) is 11.0 Å². The number of anilines is 1. The molecule has 0 unspecified atom stereocenters. The minimum absolute atomic E-state index is 0. The fourth-order valence-electron chi connectivity index (χ4n) is 3.87. The molecule has 0 spiro atoms. The van der Waals surface area contributed by atoms with Crippen LogP contribution in [-0.2, 0) is 11.8 Å². The number of benzene rings is 2. The van der Waals surface area contributed by atoms with Crippen LogP contribution < -0.4 is 10.6 Å². The van der Waals surface area contributed by atoms with Crippen molar-refractivity contribution in [2.75, 3.05) is 18.4 Å². The number of amides is 1. The lowest BCUT2D eigenvalue weighted by Crippen LogP contribution is -2.28. The lowest BCUT2D eigenvalue weighted by molar-refractivity contribution is -0.116. The zero-order chi connectivity index (χ0) is 18.6. The monoisotopic (exact) mass is 434 g/mol. The third kappa shape index (κ3) is 5.50. The van der Waals surface area contributed by atoms with Crippen molar-refractivity contribution >= 4 is 47.4 Å². The molecular weight excluding hydrogens is 407 g/mol. The molecule has 5 nitrogen and oxygen atoms in total. The fourth-order valence-corrected chi connectivity index (χ4v) is 3.87. The summed E-state index contributed by atoms with van der Waals surface area (Å²) in [6.07, 6.45) is 3.91. The van der Waals surface area contributed by atoms with E-state index >= 15 is 0 Å². The van der Waals surface area contributed by atoms with E-state index in [1.165, 1.54) is 12.8 Å². The summed E-state index contributed by atoms with van der Waals surface area (Å²) in [5.41, 5.74) is 3.91. The van der Waals surface area contributed by atoms with Crippen LogP contribution in [0.2, 0.25) is 0 Å². The molecule has 156 valence electrons. The Balaban J connectivity index is 0.00000150. The van der Waals surface area contributed by atoms with Gasteiger partial charge in [0.2, 0.25) is 5.91 Å². The number of carbonyl (C=O) groups is 1. The van der Waals surface area contributed by atoms with Gasteiger partial charge in [-0.3, -0.25) is 4.79 Å². The van der Waals surface area contributed by atoms with E-state index < -0.39 is 0 Å². The van der Waals surface area contributed by atoms with Crippen molar-refractivity contribution in [3.05, 3.63) is 48.5 Å². The highest BCUT2D eigenvalue weighted by Gasteiger charge is 2.15. The Hall–Kier alpha value is -2.08. The van der Waals surface area contributed by atoms with Crippen molar-refractivity contribution in [2.45, 2.75) is 25.7 Å². The van der Waals surface area contributed by atoms with Gasteiger partial charge in [0.25, 0.3) is 0 Å². The minimum Gasteiger partial charge on any atom is -0.327 e. The molecule has 0 atom stereocenters. The number of nitrogens with one attached hydrogen (secondary N) is 2. The Kier molecular flexibility index (Phi) is 8.50. The molecule has 1 aliphatic heterocycles. The van der Waals surface area contributed by atoms with Crippen molar-refractivity contribution in [3.63, 3.8) is 0 Å². The predicted octanol–water partition coefficient (Wildman–Crippen LogP) is 4.80. The first-order valence-corrected chi connectivity index (χ1v) is 9.73. The zero-order valence-electron chi connectivity index (χ0n) is 16.6. The van der Waals surface area contributed by atoms with Gasteiger partial charge in [-0.05, 0) is 62.5 Å². The van der Waals surface area contributed by atoms with Crippen molar-refractivity contribution in [1.82, 2.24) is 14.9 Å². The molecular formula is C22H28Cl2N4O. The molecule has 1 saturated heterocycles. The van der Waals surface area contributed by atoms with Crippen LogP contribution in [0.4, 0.5) is 5.69 Å². The molecule has 0 radical (unpaired) electrons. The van der Waals surface area contributed by atoms with Crippen LogP contribution in [0.25, 0.3) is 22.4 Å². The van der Waals surface area contributed by atoms with E-state index in [2.05, 4.69) is 21.3 Å². The Labute approximate surface area is 184 Å². The van der Waals surface area contributed by atoms with Gasteiger partial charge in [-0.1, -0.05) is 24.3 Å². The Bertz CT molecular complexity index is 951. The highest BCUT2D eigenvalue weighted by atomic mass is 35.5. The summed E-state index contributed by atoms with van der Waals surface area (Å²) in [5, 5.41) is 6.42. The quantitative estimate of drug-likeness (QED) is 0.605. The van der Waals surface area contributed by atoms with Crippen LogP contribution in [0.3, 0.4) is 0 Å². The minimum atomic E-state index is 0. The second-order valence-corrected chi connectivity index (χ2v) is 7.34. The summed E-state index contributed by atoms with van der Waals surface area (Å²) < 4.78 is 2.09. The number of piperidine rings is 1. The van der Waals surface area contributed by atoms with Gasteiger partial charge >= 0.3 is 0 Å². The summed E-state index contributed by atoms with van der Waals surface area (Å²) in [4.78, 5) is 17.1. The van der Waals surface area contributed by atoms with E-state index in [-0.39, 0.29) is 30.7 Å². The summed E-state index contributed by atoms with van der Waals surface area (Å²) in [6.45, 7) is 2.15. The van der Waals surface area contributed by atoms with E-state index in [1.807, 2.05) is 49.5 Å². The summed E-state index contributed by atoms with van der Waals surface area (Å²) >= 11 is 0. The number of imidazole rings is 1. The van der Waals surface area contributed by atoms with Gasteiger partial charge in [0.1, 0.15) is 5.82 Å². The van der Waals surface area contributed by atoms with Gasteiger partial charge in [0.15, 0.2) is 0 Å². The molecule has 2 N–H and O–H groups in total. The SMILES string of the molecule is Cl.Cl.Cn1c(-c2cccc(NC(=O)CCC3CCNCC3)c2)nc2ccccc21. The number of para-hydroxylation sites is 2. The number of carbonyl (C=O) groups excluding carboxylic acids is 1. The van der Waals surface area contributed by atoms with Crippen molar-refractivity contribution in [2.24, 2.45) is 13.0 Å². The van der Waals surface area contributed by atoms with E-state index in [1.54, 1.807) is 0 Å². The lowest BCUT2D eigenvalue weighted by Gasteiger charge is -2.22. The van der Waals surface area contributed by atoms with Crippen LogP contribution in [0.5, 0.6) is 0 Å². The highest BCUT2D eigenvalue weighted by molar-refractivity contribution is 5.91. The molecule has 0 aliphatic carbocycles. The molecule has 2 aromatic carbocycles. The van der Waals surface area contributed by atoms with E-state index in [0.717, 1.165) is 47.6 Å². The lowest BCUT2D eigenvalue weighted by atomic mass is 9.93. The number of aryl methyl sites for hydroxylation is 1. The Morgan fingerprint density at radius 2 is 1.90 bits per heavy atom. The van der Waals surface area contributed by atoms with Gasteiger partial charge < -0.3 is 15.2 Å². The van der Waals surface area contributed by atoms with Crippen molar-refractivity contribution < 1.29 is 4.79 Å². The maximum Gasteiger partial charge on any atom is 0.224 e. The number of hydrogen-bond acceptors (Lipinski definition) is 3. The molecule has 3 aromatic rings. The number of aromatic nitrogens is 2. The fraction of sp³-hybridized carbons (Fsp3) is 0.364. The Morgan fingerprint density at radius 1 is 1.14 bits per heavy atom. The highest BCUT2D eigenvalue weighted by Crippen LogP contribution is 2.26. The largest absolute Gasteiger partial charge is 0.327 e. The molecule has 1 fully saturated rings. The molecule has 7 heteroatoms. The average Bonchev–Trinajstić information content (AvgIpc) is 3.04. The Morgan fingerprint density at radius 3 is 2.66 bits per heavy atom. The van der Waals surface area contributed by atoms with Crippen LogP contribution in [0.15, 0.2) is 48.5 Å². The summed E-state index contributed by atoms with van der Waals surface area (Å²) in [7, 11) is 2.02. The first kappa shape index (κ1) is 23.2. The van der Waals surface area contributed by atoms with Crippen molar-refractivity contribution in [3.8, 4) is 11.4 Å². The van der Waals surface area contributed by atoms with E-state index in [0.29, 0.717) is 12.3 Å². The summed E-state index contributed by atoms with van der Waals surface area (Å²) in [6, 6.07) is 16.1. The summed E-state index contributed by atoms with van der Waals surface area (Å²) in [5.74, 6) is 1.67. The van der Waals surface area contributed by atoms with Gasteiger partial charge in [-0.2, -0.15) is 0 Å². The number of nitrogens with zero attached hydrogens (tertiary/aromatic N) is 2. The van der Waals surface area contributed by atoms with Crippen LogP contribution >= 0.6 is 24.8 Å². The van der Waals surface area contributed by atoms with Crippen LogP contribution in [0.1, 0.15) is 25.7 Å². The second kappa shape index (κ2) is 10.6. The molecule has 4 rings (SSSR count). The number of halogens is 2. The van der Waals surface area contributed by atoms with Gasteiger partial charge in [-0.15, -0.1) is 24.8 Å². The normalized spacial score (nSPS) is 14.1. The second-order valence-electron chi connectivity index (χ2n) is 7.34. The third-order valence-electron chi connectivity index (χ3n) is 5.43. The maximum atomic E-state index is 12.4. The molecule has 2 heterocycles. The topological polar surface area (TPSA) is 59.0 Å². The number of rotatable bonds is 5. The number of fused-ring (bicyclic) bond motifs is 1. The molecule has 1 aromatic heterocycles. The molecule has 29 heavy (non-hydrogen) atoms. The van der Waals surface area contributed by atoms with Gasteiger partial charge in [0, 0.05) is 24.7 Å². The maximum absolute atomic E-state index is 12.4. The standard InChI is InChI=1S/C22H26N4O.2ClH/c1-26-20-8-3-2-7-19(20)25-22(26)17-5-4-6-18(15-17)24-21(27)10-9-16-11-13-23-14-12-16;;/h2-8,15-16,23H,9-14H2,1H3,(H,24,27);2*1H. The van der Waals surface area contributed by atoms with Crippen molar-refractivity contribution in [1.29, 1.82) is 0 Å². The molecule has 1 amide bonds. The first-order valence-electron chi connectivity index (χ1n) is 9.73. The smallest absolute Gasteiger partial charge is 0.224 e. The average molecular weight is 435 g/mol. The predicted molar refractivity (Wildman–Crippen MR) is 124 cm³/mol.